The predicted octanol–water partition coefficient (Wildman–Crippen LogP) is 5.16. The van der Waals surface area contributed by atoms with Crippen molar-refractivity contribution in [2.45, 2.75) is 81.7 Å². The van der Waals surface area contributed by atoms with Gasteiger partial charge in [0, 0.05) is 12.1 Å². The number of amides is 1. The summed E-state index contributed by atoms with van der Waals surface area (Å²) in [6.07, 6.45) is 10.1. The molecule has 6 rings (SSSR count). The van der Waals surface area contributed by atoms with Crippen molar-refractivity contribution in [3.8, 4) is 0 Å². The lowest BCUT2D eigenvalue weighted by Crippen LogP contribution is -2.56. The first-order valence-corrected chi connectivity index (χ1v) is 13.8. The topological polar surface area (TPSA) is 75.3 Å². The number of carbonyl (C=O) groups is 1. The third kappa shape index (κ3) is 4.14. The van der Waals surface area contributed by atoms with Gasteiger partial charge in [0.2, 0.25) is 10.0 Å². The van der Waals surface area contributed by atoms with Crippen molar-refractivity contribution in [2.24, 2.45) is 23.2 Å². The molecule has 8 heteroatoms. The average molecular weight is 485 g/mol. The van der Waals surface area contributed by atoms with Crippen molar-refractivity contribution < 1.29 is 13.2 Å². The third-order valence-corrected chi connectivity index (χ3v) is 10.3. The molecule has 1 aromatic rings. The molecular formula is C23H30Cl2N2O3S. The summed E-state index contributed by atoms with van der Waals surface area (Å²) in [5.41, 5.74) is 0.339. The number of hydrogen-bond donors (Lipinski definition) is 2. The van der Waals surface area contributed by atoms with Gasteiger partial charge in [-0.1, -0.05) is 30.1 Å². The van der Waals surface area contributed by atoms with Crippen LogP contribution in [0.25, 0.3) is 0 Å². The molecule has 0 radical (unpaired) electrons. The summed E-state index contributed by atoms with van der Waals surface area (Å²) < 4.78 is 28.1. The zero-order chi connectivity index (χ0) is 22.0. The van der Waals surface area contributed by atoms with Gasteiger partial charge in [0.05, 0.1) is 15.6 Å². The molecule has 4 bridgehead atoms. The zero-order valence-electron chi connectivity index (χ0n) is 17.8. The molecule has 0 aliphatic heterocycles. The summed E-state index contributed by atoms with van der Waals surface area (Å²) in [5, 5.41) is 3.46. The minimum atomic E-state index is -3.79. The Balaban J connectivity index is 1.40. The standard InChI is InChI=1S/C23H30Cl2N2O3S/c1-2-21(23-10-13-5-14(11-23)7-15(6-13)12-23)26-22(28)17-8-20(19(25)9-18(17)24)31(29,30)27-16-3-4-16/h8-9,13-16,21,27H,2-7,10-12H2,1H3,(H,26,28). The van der Waals surface area contributed by atoms with Crippen LogP contribution in [0.3, 0.4) is 0 Å². The van der Waals surface area contributed by atoms with Crippen LogP contribution in [0.1, 0.15) is 75.1 Å². The Labute approximate surface area is 194 Å². The van der Waals surface area contributed by atoms with Crippen LogP contribution in [0.4, 0.5) is 0 Å². The SMILES string of the molecule is CCC(NC(=O)c1cc(S(=O)(=O)NC2CC2)c(Cl)cc1Cl)C12CC3CC(CC(C3)C1)C2. The summed E-state index contributed by atoms with van der Waals surface area (Å²) in [6, 6.07) is 2.72. The highest BCUT2D eigenvalue weighted by Gasteiger charge is 2.54. The molecule has 1 aromatic carbocycles. The van der Waals surface area contributed by atoms with Gasteiger partial charge in [0.15, 0.2) is 0 Å². The number of rotatable bonds is 7. The number of nitrogens with one attached hydrogen (secondary N) is 2. The minimum absolute atomic E-state index is 0.0304. The second-order valence-electron chi connectivity index (χ2n) is 10.4. The molecule has 5 saturated carbocycles. The fourth-order valence-corrected chi connectivity index (χ4v) is 9.09. The summed E-state index contributed by atoms with van der Waals surface area (Å²) in [7, 11) is -3.79. The molecule has 1 amide bonds. The normalized spacial score (nSPS) is 32.8. The molecule has 0 heterocycles. The molecule has 2 N–H and O–H groups in total. The first-order chi connectivity index (χ1) is 14.7. The van der Waals surface area contributed by atoms with E-state index in [9.17, 15) is 13.2 Å². The van der Waals surface area contributed by atoms with E-state index in [1.165, 1.54) is 50.7 Å². The van der Waals surface area contributed by atoms with Gasteiger partial charge in [-0.15, -0.1) is 0 Å². The molecule has 0 spiro atoms. The molecule has 5 aliphatic rings. The number of halogens is 2. The summed E-state index contributed by atoms with van der Waals surface area (Å²) in [6.45, 7) is 2.13. The number of benzene rings is 1. The second-order valence-corrected chi connectivity index (χ2v) is 12.9. The molecule has 31 heavy (non-hydrogen) atoms. The monoisotopic (exact) mass is 484 g/mol. The molecular weight excluding hydrogens is 455 g/mol. The minimum Gasteiger partial charge on any atom is -0.349 e. The van der Waals surface area contributed by atoms with E-state index in [0.717, 1.165) is 37.0 Å². The van der Waals surface area contributed by atoms with Crippen LogP contribution >= 0.6 is 23.2 Å². The Kier molecular flexibility index (Phi) is 5.60. The highest BCUT2D eigenvalue weighted by Crippen LogP contribution is 2.61. The van der Waals surface area contributed by atoms with Crippen LogP contribution in [0.15, 0.2) is 17.0 Å². The van der Waals surface area contributed by atoms with Gasteiger partial charge in [-0.25, -0.2) is 13.1 Å². The van der Waals surface area contributed by atoms with E-state index in [-0.39, 0.29) is 43.9 Å². The largest absolute Gasteiger partial charge is 0.349 e. The van der Waals surface area contributed by atoms with Crippen molar-refractivity contribution in [3.05, 3.63) is 27.7 Å². The van der Waals surface area contributed by atoms with E-state index in [1.807, 2.05) is 0 Å². The van der Waals surface area contributed by atoms with Crippen molar-refractivity contribution >= 4 is 39.1 Å². The molecule has 170 valence electrons. The van der Waals surface area contributed by atoms with Crippen LogP contribution in [-0.2, 0) is 10.0 Å². The molecule has 5 aliphatic carbocycles. The summed E-state index contributed by atoms with van der Waals surface area (Å²) in [5.74, 6) is 2.07. The second kappa shape index (κ2) is 7.89. The maximum Gasteiger partial charge on any atom is 0.253 e. The molecule has 1 atom stereocenters. The molecule has 0 saturated heterocycles. The average Bonchev–Trinajstić information content (AvgIpc) is 3.47. The number of sulfonamides is 1. The van der Waals surface area contributed by atoms with Gasteiger partial charge < -0.3 is 5.32 Å². The van der Waals surface area contributed by atoms with Crippen LogP contribution in [0.5, 0.6) is 0 Å². The van der Waals surface area contributed by atoms with Gasteiger partial charge >= 0.3 is 0 Å². The van der Waals surface area contributed by atoms with Crippen molar-refractivity contribution in [3.63, 3.8) is 0 Å². The van der Waals surface area contributed by atoms with E-state index in [0.29, 0.717) is 0 Å². The molecule has 1 unspecified atom stereocenters. The lowest BCUT2D eigenvalue weighted by atomic mass is 9.47. The van der Waals surface area contributed by atoms with Gasteiger partial charge in [-0.3, -0.25) is 4.79 Å². The van der Waals surface area contributed by atoms with E-state index < -0.39 is 10.0 Å². The Hall–Kier alpha value is -0.820. The maximum absolute atomic E-state index is 13.3. The Morgan fingerprint density at radius 1 is 1.06 bits per heavy atom. The maximum atomic E-state index is 13.3. The number of hydrogen-bond acceptors (Lipinski definition) is 3. The fraction of sp³-hybridized carbons (Fsp3) is 0.696. The van der Waals surface area contributed by atoms with Crippen LogP contribution in [0, 0.1) is 23.2 Å². The van der Waals surface area contributed by atoms with Crippen LogP contribution in [0.2, 0.25) is 10.0 Å². The Morgan fingerprint density at radius 3 is 2.16 bits per heavy atom. The van der Waals surface area contributed by atoms with E-state index in [2.05, 4.69) is 17.0 Å². The summed E-state index contributed by atoms with van der Waals surface area (Å²) >= 11 is 12.6. The predicted molar refractivity (Wildman–Crippen MR) is 122 cm³/mol. The third-order valence-electron chi connectivity index (χ3n) is 7.99. The van der Waals surface area contributed by atoms with Gasteiger partial charge in [-0.2, -0.15) is 0 Å². The zero-order valence-corrected chi connectivity index (χ0v) is 20.1. The smallest absolute Gasteiger partial charge is 0.253 e. The van der Waals surface area contributed by atoms with Gasteiger partial charge in [0.1, 0.15) is 4.90 Å². The van der Waals surface area contributed by atoms with Crippen molar-refractivity contribution in [1.29, 1.82) is 0 Å². The quantitative estimate of drug-likeness (QED) is 0.560. The Bertz CT molecular complexity index is 971. The lowest BCUT2D eigenvalue weighted by molar-refractivity contribution is -0.0727. The van der Waals surface area contributed by atoms with E-state index in [1.54, 1.807) is 0 Å². The van der Waals surface area contributed by atoms with E-state index in [4.69, 9.17) is 23.2 Å². The molecule has 5 fully saturated rings. The first-order valence-electron chi connectivity index (χ1n) is 11.5. The number of carbonyl (C=O) groups excluding carboxylic acids is 1. The van der Waals surface area contributed by atoms with Crippen molar-refractivity contribution in [1.82, 2.24) is 10.0 Å². The van der Waals surface area contributed by atoms with E-state index >= 15 is 0 Å². The van der Waals surface area contributed by atoms with Gasteiger partial charge in [0.25, 0.3) is 5.91 Å². The van der Waals surface area contributed by atoms with Gasteiger partial charge in [-0.05, 0) is 93.1 Å². The van der Waals surface area contributed by atoms with Crippen LogP contribution in [-0.4, -0.2) is 26.4 Å². The van der Waals surface area contributed by atoms with Crippen molar-refractivity contribution in [2.75, 3.05) is 0 Å². The Morgan fingerprint density at radius 2 is 1.65 bits per heavy atom. The lowest BCUT2D eigenvalue weighted by Gasteiger charge is -2.59. The fourth-order valence-electron chi connectivity index (χ4n) is 6.92. The van der Waals surface area contributed by atoms with Crippen LogP contribution < -0.4 is 10.0 Å². The first kappa shape index (κ1) is 22.0. The summed E-state index contributed by atoms with van der Waals surface area (Å²) in [4.78, 5) is 13.2. The highest BCUT2D eigenvalue weighted by molar-refractivity contribution is 7.89. The highest BCUT2D eigenvalue weighted by atomic mass is 35.5. The molecule has 5 nitrogen and oxygen atoms in total. The molecule has 0 aromatic heterocycles.